The van der Waals surface area contributed by atoms with Gasteiger partial charge in [-0.05, 0) is 86.6 Å². The number of ether oxygens (including phenoxy) is 1. The van der Waals surface area contributed by atoms with E-state index >= 15 is 0 Å². The molecule has 2 amide bonds. The van der Waals surface area contributed by atoms with E-state index in [1.807, 2.05) is 48.2 Å². The van der Waals surface area contributed by atoms with Gasteiger partial charge in [-0.2, -0.15) is 0 Å². The number of anilines is 1. The van der Waals surface area contributed by atoms with E-state index in [1.165, 1.54) is 11.1 Å². The molecule has 1 fully saturated rings. The van der Waals surface area contributed by atoms with Crippen LogP contribution in [0.25, 0.3) is 0 Å². The molecule has 1 heterocycles. The summed E-state index contributed by atoms with van der Waals surface area (Å²) in [7, 11) is 0. The fourth-order valence-electron chi connectivity index (χ4n) is 4.80. The highest BCUT2D eigenvalue weighted by molar-refractivity contribution is 5.94. The lowest BCUT2D eigenvalue weighted by Gasteiger charge is -2.38. The first-order valence-electron chi connectivity index (χ1n) is 12.4. The van der Waals surface area contributed by atoms with E-state index < -0.39 is 6.10 Å². The Hall–Kier alpha value is -3.60. The smallest absolute Gasteiger partial charge is 0.265 e. The van der Waals surface area contributed by atoms with E-state index in [4.69, 9.17) is 4.74 Å². The second-order valence-electron chi connectivity index (χ2n) is 9.85. The molecular weight excluding hydrogens is 436 g/mol. The second-order valence-corrected chi connectivity index (χ2v) is 9.85. The van der Waals surface area contributed by atoms with Crippen molar-refractivity contribution >= 4 is 17.5 Å². The van der Waals surface area contributed by atoms with Crippen molar-refractivity contribution in [1.82, 2.24) is 4.90 Å². The molecule has 2 atom stereocenters. The van der Waals surface area contributed by atoms with Gasteiger partial charge in [0.2, 0.25) is 5.91 Å². The molecule has 0 spiro atoms. The number of amides is 2. The van der Waals surface area contributed by atoms with Crippen LogP contribution in [-0.2, 0) is 16.0 Å². The van der Waals surface area contributed by atoms with E-state index in [2.05, 4.69) is 42.6 Å². The van der Waals surface area contributed by atoms with Crippen molar-refractivity contribution < 1.29 is 14.3 Å². The maximum Gasteiger partial charge on any atom is 0.265 e. The molecule has 2 aliphatic rings. The third-order valence-corrected chi connectivity index (χ3v) is 6.92. The van der Waals surface area contributed by atoms with Crippen molar-refractivity contribution in [3.63, 3.8) is 0 Å². The van der Waals surface area contributed by atoms with Crippen LogP contribution in [0.2, 0.25) is 0 Å². The minimum absolute atomic E-state index is 0.146. The SMILES string of the molecule is Cc1ccc(C2c3cc(OC(C)C(=O)Nc4cccc(C)c4)ccc3CCN2C(=O)C2CC2)cc1. The molecule has 35 heavy (non-hydrogen) atoms. The normalized spacial score (nSPS) is 17.9. The van der Waals surface area contributed by atoms with E-state index in [0.717, 1.165) is 48.2 Å². The van der Waals surface area contributed by atoms with Gasteiger partial charge in [0.1, 0.15) is 5.75 Å². The molecule has 2 unspecified atom stereocenters. The molecule has 0 saturated heterocycles. The lowest BCUT2D eigenvalue weighted by atomic mass is 9.87. The fraction of sp³-hybridized carbons (Fsp3) is 0.333. The van der Waals surface area contributed by atoms with Gasteiger partial charge in [0, 0.05) is 18.2 Å². The molecule has 1 saturated carbocycles. The average molecular weight is 469 g/mol. The number of fused-ring (bicyclic) bond motifs is 1. The minimum Gasteiger partial charge on any atom is -0.481 e. The van der Waals surface area contributed by atoms with Gasteiger partial charge in [-0.3, -0.25) is 9.59 Å². The van der Waals surface area contributed by atoms with E-state index in [0.29, 0.717) is 5.75 Å². The highest BCUT2D eigenvalue weighted by Crippen LogP contribution is 2.41. The van der Waals surface area contributed by atoms with Crippen molar-refractivity contribution in [3.05, 3.63) is 94.5 Å². The summed E-state index contributed by atoms with van der Waals surface area (Å²) >= 11 is 0. The second kappa shape index (κ2) is 9.57. The number of nitrogens with zero attached hydrogens (tertiary/aromatic N) is 1. The first kappa shape index (κ1) is 23.2. The molecule has 1 aliphatic heterocycles. The maximum absolute atomic E-state index is 13.2. The van der Waals surface area contributed by atoms with Crippen LogP contribution in [-0.4, -0.2) is 29.4 Å². The topological polar surface area (TPSA) is 58.6 Å². The van der Waals surface area contributed by atoms with E-state index in [1.54, 1.807) is 6.92 Å². The molecule has 5 nitrogen and oxygen atoms in total. The zero-order chi connectivity index (χ0) is 24.5. The summed E-state index contributed by atoms with van der Waals surface area (Å²) in [6.45, 7) is 6.53. The van der Waals surface area contributed by atoms with Gasteiger partial charge in [-0.15, -0.1) is 0 Å². The number of nitrogens with one attached hydrogen (secondary N) is 1. The number of hydrogen-bond acceptors (Lipinski definition) is 3. The molecule has 0 radical (unpaired) electrons. The molecule has 180 valence electrons. The third kappa shape index (κ3) is 5.09. The van der Waals surface area contributed by atoms with Crippen molar-refractivity contribution in [3.8, 4) is 5.75 Å². The van der Waals surface area contributed by atoms with Crippen LogP contribution in [0.1, 0.15) is 53.6 Å². The van der Waals surface area contributed by atoms with Crippen LogP contribution < -0.4 is 10.1 Å². The Morgan fingerprint density at radius 2 is 1.74 bits per heavy atom. The predicted molar refractivity (Wildman–Crippen MR) is 138 cm³/mol. The summed E-state index contributed by atoms with van der Waals surface area (Å²) in [5, 5.41) is 2.93. The third-order valence-electron chi connectivity index (χ3n) is 6.92. The van der Waals surface area contributed by atoms with Crippen LogP contribution >= 0.6 is 0 Å². The number of benzene rings is 3. The van der Waals surface area contributed by atoms with Gasteiger partial charge >= 0.3 is 0 Å². The summed E-state index contributed by atoms with van der Waals surface area (Å²) in [4.78, 5) is 28.0. The number of rotatable bonds is 6. The van der Waals surface area contributed by atoms with Crippen LogP contribution in [0.3, 0.4) is 0 Å². The molecule has 3 aromatic carbocycles. The zero-order valence-corrected chi connectivity index (χ0v) is 20.6. The molecule has 1 aliphatic carbocycles. The van der Waals surface area contributed by atoms with E-state index in [9.17, 15) is 9.59 Å². The molecule has 1 N–H and O–H groups in total. The zero-order valence-electron chi connectivity index (χ0n) is 20.6. The molecule has 0 aromatic heterocycles. The van der Waals surface area contributed by atoms with Crippen molar-refractivity contribution in [2.45, 2.75) is 52.2 Å². The van der Waals surface area contributed by atoms with Gasteiger partial charge < -0.3 is 15.0 Å². The Morgan fingerprint density at radius 3 is 2.46 bits per heavy atom. The van der Waals surface area contributed by atoms with Gasteiger partial charge in [0.15, 0.2) is 6.10 Å². The fourth-order valence-corrected chi connectivity index (χ4v) is 4.80. The summed E-state index contributed by atoms with van der Waals surface area (Å²) in [6, 6.07) is 22.0. The quantitative estimate of drug-likeness (QED) is 0.513. The summed E-state index contributed by atoms with van der Waals surface area (Å²) < 4.78 is 6.09. The molecule has 5 rings (SSSR count). The summed E-state index contributed by atoms with van der Waals surface area (Å²) in [6.07, 6.45) is 2.12. The number of aryl methyl sites for hydroxylation is 2. The average Bonchev–Trinajstić information content (AvgIpc) is 3.69. The first-order chi connectivity index (χ1) is 16.9. The molecule has 3 aromatic rings. The van der Waals surface area contributed by atoms with E-state index in [-0.39, 0.29) is 23.8 Å². The summed E-state index contributed by atoms with van der Waals surface area (Å²) in [5.74, 6) is 0.843. The molecule has 0 bridgehead atoms. The highest BCUT2D eigenvalue weighted by Gasteiger charge is 2.39. The number of hydrogen-bond donors (Lipinski definition) is 1. The Balaban J connectivity index is 1.40. The van der Waals surface area contributed by atoms with Crippen LogP contribution in [0, 0.1) is 19.8 Å². The largest absolute Gasteiger partial charge is 0.481 e. The highest BCUT2D eigenvalue weighted by atomic mass is 16.5. The van der Waals surface area contributed by atoms with Crippen molar-refractivity contribution in [2.75, 3.05) is 11.9 Å². The molecule has 5 heteroatoms. The minimum atomic E-state index is -0.667. The Bertz CT molecular complexity index is 1250. The van der Waals surface area contributed by atoms with Gasteiger partial charge in [-0.25, -0.2) is 0 Å². The van der Waals surface area contributed by atoms with Crippen molar-refractivity contribution in [2.24, 2.45) is 5.92 Å². The lowest BCUT2D eigenvalue weighted by molar-refractivity contribution is -0.134. The Labute approximate surface area is 207 Å². The Kier molecular flexibility index (Phi) is 6.33. The predicted octanol–water partition coefficient (Wildman–Crippen LogP) is 5.59. The standard InChI is InChI=1S/C30H32N2O3/c1-19-7-9-23(10-8-19)28-27-18-26(14-13-22(27)15-16-32(28)30(34)24-11-12-24)35-21(3)29(33)31-25-6-4-5-20(2)17-25/h4-10,13-14,17-18,21,24,28H,11-12,15-16H2,1-3H3,(H,31,33). The number of carbonyl (C=O) groups is 2. The van der Waals surface area contributed by atoms with Crippen LogP contribution in [0.4, 0.5) is 5.69 Å². The lowest BCUT2D eigenvalue weighted by Crippen LogP contribution is -2.41. The van der Waals surface area contributed by atoms with Gasteiger partial charge in [0.25, 0.3) is 5.91 Å². The Morgan fingerprint density at radius 1 is 0.971 bits per heavy atom. The molecular formula is C30H32N2O3. The van der Waals surface area contributed by atoms with Gasteiger partial charge in [0.05, 0.1) is 6.04 Å². The monoisotopic (exact) mass is 468 g/mol. The van der Waals surface area contributed by atoms with Crippen LogP contribution in [0.15, 0.2) is 66.7 Å². The van der Waals surface area contributed by atoms with Crippen molar-refractivity contribution in [1.29, 1.82) is 0 Å². The van der Waals surface area contributed by atoms with Crippen LogP contribution in [0.5, 0.6) is 5.75 Å². The first-order valence-corrected chi connectivity index (χ1v) is 12.4. The van der Waals surface area contributed by atoms with Gasteiger partial charge in [-0.1, -0.05) is 48.0 Å². The number of carbonyl (C=O) groups excluding carboxylic acids is 2. The maximum atomic E-state index is 13.2. The summed E-state index contributed by atoms with van der Waals surface area (Å²) in [5.41, 5.74) is 6.43.